The van der Waals surface area contributed by atoms with Crippen molar-refractivity contribution in [3.05, 3.63) is 63.9 Å². The van der Waals surface area contributed by atoms with Crippen LogP contribution in [0.5, 0.6) is 0 Å². The average molecular weight is 483 g/mol. The summed E-state index contributed by atoms with van der Waals surface area (Å²) in [7, 11) is 0. The van der Waals surface area contributed by atoms with Gasteiger partial charge in [-0.05, 0) is 43.2 Å². The van der Waals surface area contributed by atoms with Gasteiger partial charge in [-0.3, -0.25) is 14.6 Å². The minimum Gasteiger partial charge on any atom is -0.347 e. The Morgan fingerprint density at radius 1 is 1.03 bits per heavy atom. The monoisotopic (exact) mass is 482 g/mol. The third-order valence-electron chi connectivity index (χ3n) is 7.08. The molecule has 8 heteroatoms. The van der Waals surface area contributed by atoms with Crippen LogP contribution in [0, 0.1) is 11.7 Å². The van der Waals surface area contributed by atoms with Crippen LogP contribution >= 0.6 is 11.6 Å². The van der Waals surface area contributed by atoms with E-state index in [1.807, 2.05) is 21.9 Å². The molecular weight excluding hydrogens is 455 g/mol. The van der Waals surface area contributed by atoms with Crippen LogP contribution in [0.3, 0.4) is 0 Å². The molecule has 2 fully saturated rings. The maximum Gasteiger partial charge on any atom is 0.253 e. The van der Waals surface area contributed by atoms with Gasteiger partial charge < -0.3 is 14.7 Å². The van der Waals surface area contributed by atoms with Crippen molar-refractivity contribution in [1.29, 1.82) is 0 Å². The molecule has 1 aliphatic carbocycles. The predicted molar refractivity (Wildman–Crippen MR) is 131 cm³/mol. The molecule has 2 aromatic carbocycles. The first-order valence-corrected chi connectivity index (χ1v) is 12.3. The van der Waals surface area contributed by atoms with Crippen LogP contribution in [0.1, 0.15) is 47.2 Å². The summed E-state index contributed by atoms with van der Waals surface area (Å²) in [5.74, 6) is -0.102. The largest absolute Gasteiger partial charge is 0.347 e. The van der Waals surface area contributed by atoms with Crippen molar-refractivity contribution in [1.82, 2.24) is 9.80 Å². The van der Waals surface area contributed by atoms with E-state index < -0.39 is 0 Å². The van der Waals surface area contributed by atoms with Gasteiger partial charge >= 0.3 is 0 Å². The molecule has 178 valence electrons. The van der Waals surface area contributed by atoms with Crippen molar-refractivity contribution in [2.45, 2.75) is 32.2 Å². The summed E-state index contributed by atoms with van der Waals surface area (Å²) in [4.78, 5) is 35.8. The van der Waals surface area contributed by atoms with Crippen molar-refractivity contribution < 1.29 is 14.0 Å². The topological polar surface area (TPSA) is 56.2 Å². The Morgan fingerprint density at radius 2 is 1.76 bits per heavy atom. The van der Waals surface area contributed by atoms with Gasteiger partial charge in [0.05, 0.1) is 5.02 Å². The van der Waals surface area contributed by atoms with Gasteiger partial charge in [-0.1, -0.05) is 30.5 Å². The lowest BCUT2D eigenvalue weighted by Crippen LogP contribution is -2.51. The number of hydrogen-bond acceptors (Lipinski definition) is 4. The van der Waals surface area contributed by atoms with E-state index in [0.717, 1.165) is 36.9 Å². The molecule has 0 aromatic heterocycles. The molecule has 0 bridgehead atoms. The Balaban J connectivity index is 1.26. The number of aliphatic imine (C=N–C) groups is 1. The van der Waals surface area contributed by atoms with Crippen LogP contribution in [0.25, 0.3) is 0 Å². The molecule has 0 atom stereocenters. The minimum absolute atomic E-state index is 0.130. The second kappa shape index (κ2) is 9.74. The molecule has 2 aliphatic heterocycles. The van der Waals surface area contributed by atoms with Crippen LogP contribution in [-0.2, 0) is 11.3 Å². The molecule has 0 spiro atoms. The molecule has 0 radical (unpaired) electrons. The molecule has 34 heavy (non-hydrogen) atoms. The third kappa shape index (κ3) is 4.53. The van der Waals surface area contributed by atoms with Gasteiger partial charge in [0.15, 0.2) is 0 Å². The molecule has 1 saturated heterocycles. The molecule has 2 amide bonds. The maximum absolute atomic E-state index is 14.7. The number of hydrogen-bond donors (Lipinski definition) is 0. The summed E-state index contributed by atoms with van der Waals surface area (Å²) >= 11 is 6.29. The van der Waals surface area contributed by atoms with Crippen molar-refractivity contribution in [2.24, 2.45) is 10.9 Å². The molecule has 0 unspecified atom stereocenters. The summed E-state index contributed by atoms with van der Waals surface area (Å²) in [6.07, 6.45) is 5.96. The normalized spacial score (nSPS) is 18.4. The lowest BCUT2D eigenvalue weighted by Gasteiger charge is -2.36. The Bertz CT molecular complexity index is 1120. The van der Waals surface area contributed by atoms with E-state index in [4.69, 9.17) is 11.6 Å². The summed E-state index contributed by atoms with van der Waals surface area (Å²) in [5, 5.41) is 0.598. The fourth-order valence-corrected chi connectivity index (χ4v) is 5.37. The maximum atomic E-state index is 14.7. The van der Waals surface area contributed by atoms with Gasteiger partial charge in [-0.2, -0.15) is 0 Å². The van der Waals surface area contributed by atoms with E-state index in [1.54, 1.807) is 23.2 Å². The Kier molecular flexibility index (Phi) is 6.55. The number of carbonyl (C=O) groups excluding carboxylic acids is 2. The average Bonchev–Trinajstić information content (AvgIpc) is 3.40. The minimum atomic E-state index is -0.360. The Hall–Kier alpha value is -2.93. The molecule has 5 rings (SSSR count). The lowest BCUT2D eigenvalue weighted by atomic mass is 10.1. The predicted octanol–water partition coefficient (Wildman–Crippen LogP) is 4.35. The van der Waals surface area contributed by atoms with E-state index in [1.165, 1.54) is 12.1 Å². The molecule has 2 aromatic rings. The Labute approximate surface area is 204 Å². The third-order valence-corrected chi connectivity index (χ3v) is 7.41. The van der Waals surface area contributed by atoms with Gasteiger partial charge in [0.2, 0.25) is 5.91 Å². The van der Waals surface area contributed by atoms with Crippen molar-refractivity contribution in [2.75, 3.05) is 37.7 Å². The van der Waals surface area contributed by atoms with Crippen molar-refractivity contribution in [3.8, 4) is 0 Å². The highest BCUT2D eigenvalue weighted by Crippen LogP contribution is 2.30. The van der Waals surface area contributed by atoms with E-state index in [-0.39, 0.29) is 30.1 Å². The van der Waals surface area contributed by atoms with Crippen LogP contribution in [0.2, 0.25) is 5.02 Å². The quantitative estimate of drug-likeness (QED) is 0.651. The lowest BCUT2D eigenvalue weighted by molar-refractivity contribution is -0.136. The van der Waals surface area contributed by atoms with Crippen LogP contribution in [0.4, 0.5) is 10.1 Å². The van der Waals surface area contributed by atoms with E-state index in [0.29, 0.717) is 49.0 Å². The number of fused-ring (bicyclic) bond motifs is 1. The van der Waals surface area contributed by atoms with Gasteiger partial charge in [0.25, 0.3) is 5.91 Å². The van der Waals surface area contributed by atoms with Gasteiger partial charge in [0, 0.05) is 67.2 Å². The summed E-state index contributed by atoms with van der Waals surface area (Å²) in [6.45, 7) is 2.77. The highest BCUT2D eigenvalue weighted by molar-refractivity contribution is 6.33. The van der Waals surface area contributed by atoms with Gasteiger partial charge in [0.1, 0.15) is 12.5 Å². The number of anilines is 1. The van der Waals surface area contributed by atoms with E-state index >= 15 is 0 Å². The zero-order valence-corrected chi connectivity index (χ0v) is 19.8. The molecule has 1 saturated carbocycles. The van der Waals surface area contributed by atoms with E-state index in [9.17, 15) is 14.0 Å². The number of nitrogens with zero attached hydrogens (tertiary/aromatic N) is 4. The second-order valence-corrected chi connectivity index (χ2v) is 9.64. The van der Waals surface area contributed by atoms with Gasteiger partial charge in [-0.25, -0.2) is 4.39 Å². The first kappa shape index (κ1) is 22.8. The zero-order valence-electron chi connectivity index (χ0n) is 19.1. The SMILES string of the molecule is O=C(c1ccc(F)c(CN2CN=Cc3c(Cl)cccc32)c1)N1CCN(C(=O)C2CCCC2)CC1. The molecular formula is C26H28ClFN4O2. The van der Waals surface area contributed by atoms with Gasteiger partial charge in [-0.15, -0.1) is 0 Å². The van der Waals surface area contributed by atoms with E-state index in [2.05, 4.69) is 4.99 Å². The highest BCUT2D eigenvalue weighted by Gasteiger charge is 2.31. The number of halogens is 2. The molecule has 2 heterocycles. The molecule has 6 nitrogen and oxygen atoms in total. The number of benzene rings is 2. The summed E-state index contributed by atoms with van der Waals surface area (Å²) < 4.78 is 14.7. The number of carbonyl (C=O) groups is 2. The summed E-state index contributed by atoms with van der Waals surface area (Å²) in [6, 6.07) is 10.1. The van der Waals surface area contributed by atoms with Crippen molar-refractivity contribution in [3.63, 3.8) is 0 Å². The number of piperazine rings is 1. The molecule has 0 N–H and O–H groups in total. The molecule has 3 aliphatic rings. The highest BCUT2D eigenvalue weighted by atomic mass is 35.5. The standard InChI is InChI=1S/C26H28ClFN4O2/c27-22-6-3-7-24-21(22)15-29-17-32(24)16-20-14-19(8-9-23(20)28)26(34)31-12-10-30(11-13-31)25(33)18-4-1-2-5-18/h3,6-9,14-15,18H,1-2,4-5,10-13,16-17H2. The van der Waals surface area contributed by atoms with Crippen molar-refractivity contribution >= 4 is 35.3 Å². The van der Waals surface area contributed by atoms with Crippen LogP contribution in [-0.4, -0.2) is 60.7 Å². The zero-order chi connectivity index (χ0) is 23.7. The second-order valence-electron chi connectivity index (χ2n) is 9.23. The Morgan fingerprint density at radius 3 is 2.53 bits per heavy atom. The fourth-order valence-electron chi connectivity index (χ4n) is 5.15. The van der Waals surface area contributed by atoms with Crippen LogP contribution < -0.4 is 4.90 Å². The number of rotatable bonds is 4. The first-order chi connectivity index (χ1) is 16.5. The fraction of sp³-hybridized carbons (Fsp3) is 0.423. The van der Waals surface area contributed by atoms with Crippen LogP contribution in [0.15, 0.2) is 41.4 Å². The first-order valence-electron chi connectivity index (χ1n) is 11.9. The summed E-state index contributed by atoms with van der Waals surface area (Å²) in [5.41, 5.74) is 2.59. The smallest absolute Gasteiger partial charge is 0.253 e. The number of amides is 2.